The van der Waals surface area contributed by atoms with Crippen LogP contribution >= 0.6 is 28.3 Å². The SMILES string of the molecule is CC(Oc1cccc(Br)c1)C(=O)N1CCCC1CN.Cl. The summed E-state index contributed by atoms with van der Waals surface area (Å²) in [6.45, 7) is 3.09. The van der Waals surface area contributed by atoms with E-state index in [4.69, 9.17) is 10.5 Å². The molecule has 1 heterocycles. The standard InChI is InChI=1S/C14H19BrN2O2.ClH/c1-10(19-13-6-2-4-11(15)8-13)14(18)17-7-3-5-12(17)9-16;/h2,4,6,8,10,12H,3,5,7,9,16H2,1H3;1H. The summed E-state index contributed by atoms with van der Waals surface area (Å²) in [5, 5.41) is 0. The molecule has 2 unspecified atom stereocenters. The van der Waals surface area contributed by atoms with Crippen molar-refractivity contribution in [3.05, 3.63) is 28.7 Å². The van der Waals surface area contributed by atoms with E-state index in [1.165, 1.54) is 0 Å². The Balaban J connectivity index is 0.00000200. The van der Waals surface area contributed by atoms with Gasteiger partial charge in [-0.3, -0.25) is 4.79 Å². The molecule has 1 aromatic rings. The van der Waals surface area contributed by atoms with E-state index in [1.807, 2.05) is 29.2 Å². The highest BCUT2D eigenvalue weighted by Crippen LogP contribution is 2.21. The van der Waals surface area contributed by atoms with E-state index in [0.717, 1.165) is 23.9 Å². The molecule has 0 aromatic heterocycles. The number of rotatable bonds is 4. The van der Waals surface area contributed by atoms with Crippen LogP contribution in [0.5, 0.6) is 5.75 Å². The summed E-state index contributed by atoms with van der Waals surface area (Å²) < 4.78 is 6.64. The van der Waals surface area contributed by atoms with Gasteiger partial charge in [0.2, 0.25) is 0 Å². The fourth-order valence-corrected chi connectivity index (χ4v) is 2.78. The molecule has 1 aliphatic heterocycles. The van der Waals surface area contributed by atoms with Crippen LogP contribution < -0.4 is 10.5 Å². The summed E-state index contributed by atoms with van der Waals surface area (Å²) in [5.74, 6) is 0.714. The van der Waals surface area contributed by atoms with Crippen LogP contribution in [0.4, 0.5) is 0 Å². The van der Waals surface area contributed by atoms with Crippen LogP contribution in [0.1, 0.15) is 19.8 Å². The molecule has 0 radical (unpaired) electrons. The number of likely N-dealkylation sites (tertiary alicyclic amines) is 1. The van der Waals surface area contributed by atoms with Crippen molar-refractivity contribution in [2.45, 2.75) is 31.9 Å². The average Bonchev–Trinajstić information content (AvgIpc) is 2.86. The van der Waals surface area contributed by atoms with Gasteiger partial charge in [0.15, 0.2) is 6.10 Å². The maximum Gasteiger partial charge on any atom is 0.263 e. The third-order valence-corrected chi connectivity index (χ3v) is 3.88. The summed E-state index contributed by atoms with van der Waals surface area (Å²) in [7, 11) is 0. The van der Waals surface area contributed by atoms with Crippen molar-refractivity contribution in [3.8, 4) is 5.75 Å². The monoisotopic (exact) mass is 362 g/mol. The molecule has 2 N–H and O–H groups in total. The molecule has 4 nitrogen and oxygen atoms in total. The second-order valence-electron chi connectivity index (χ2n) is 4.78. The lowest BCUT2D eigenvalue weighted by molar-refractivity contribution is -0.138. The van der Waals surface area contributed by atoms with Crippen molar-refractivity contribution < 1.29 is 9.53 Å². The summed E-state index contributed by atoms with van der Waals surface area (Å²) in [6.07, 6.45) is 1.53. The van der Waals surface area contributed by atoms with Crippen LogP contribution in [0.15, 0.2) is 28.7 Å². The lowest BCUT2D eigenvalue weighted by atomic mass is 10.2. The third kappa shape index (κ3) is 4.11. The minimum Gasteiger partial charge on any atom is -0.481 e. The summed E-state index contributed by atoms with van der Waals surface area (Å²) in [4.78, 5) is 14.2. The van der Waals surface area contributed by atoms with Crippen LogP contribution in [-0.4, -0.2) is 36.0 Å². The lowest BCUT2D eigenvalue weighted by Gasteiger charge is -2.26. The Hall–Kier alpha value is -0.780. The van der Waals surface area contributed by atoms with Crippen molar-refractivity contribution in [2.75, 3.05) is 13.1 Å². The van der Waals surface area contributed by atoms with E-state index in [1.54, 1.807) is 6.92 Å². The molecule has 20 heavy (non-hydrogen) atoms. The Morgan fingerprint density at radius 3 is 3.00 bits per heavy atom. The Bertz CT molecular complexity index is 459. The zero-order chi connectivity index (χ0) is 13.8. The first-order valence-corrected chi connectivity index (χ1v) is 7.34. The number of nitrogens with two attached hydrogens (primary N) is 1. The molecule has 6 heteroatoms. The number of amides is 1. The van der Waals surface area contributed by atoms with E-state index in [0.29, 0.717) is 12.3 Å². The Morgan fingerprint density at radius 1 is 1.60 bits per heavy atom. The first-order valence-electron chi connectivity index (χ1n) is 6.54. The van der Waals surface area contributed by atoms with E-state index >= 15 is 0 Å². The number of carbonyl (C=O) groups is 1. The smallest absolute Gasteiger partial charge is 0.263 e. The highest BCUT2D eigenvalue weighted by atomic mass is 79.9. The van der Waals surface area contributed by atoms with E-state index in [2.05, 4.69) is 15.9 Å². The predicted molar refractivity (Wildman–Crippen MR) is 85.3 cm³/mol. The molecule has 112 valence electrons. The summed E-state index contributed by atoms with van der Waals surface area (Å²) >= 11 is 3.38. The zero-order valence-electron chi connectivity index (χ0n) is 11.4. The molecular weight excluding hydrogens is 344 g/mol. The highest BCUT2D eigenvalue weighted by Gasteiger charge is 2.31. The number of ether oxygens (including phenoxy) is 1. The van der Waals surface area contributed by atoms with Gasteiger partial charge in [-0.1, -0.05) is 22.0 Å². The van der Waals surface area contributed by atoms with Gasteiger partial charge < -0.3 is 15.4 Å². The third-order valence-electron chi connectivity index (χ3n) is 3.39. The number of benzene rings is 1. The van der Waals surface area contributed by atoms with Crippen LogP contribution in [0.25, 0.3) is 0 Å². The van der Waals surface area contributed by atoms with Gasteiger partial charge in [-0.25, -0.2) is 0 Å². The minimum atomic E-state index is -0.485. The van der Waals surface area contributed by atoms with Crippen molar-refractivity contribution in [1.29, 1.82) is 0 Å². The molecule has 2 rings (SSSR count). The number of hydrogen-bond acceptors (Lipinski definition) is 3. The first kappa shape index (κ1) is 17.3. The predicted octanol–water partition coefficient (Wildman–Crippen LogP) is 2.59. The van der Waals surface area contributed by atoms with Gasteiger partial charge in [0, 0.05) is 23.6 Å². The van der Waals surface area contributed by atoms with Crippen LogP contribution in [0.2, 0.25) is 0 Å². The van der Waals surface area contributed by atoms with Gasteiger partial charge in [0.25, 0.3) is 5.91 Å². The fourth-order valence-electron chi connectivity index (χ4n) is 2.40. The Labute approximate surface area is 134 Å². The lowest BCUT2D eigenvalue weighted by Crippen LogP contribution is -2.45. The van der Waals surface area contributed by atoms with Gasteiger partial charge in [-0.15, -0.1) is 12.4 Å². The summed E-state index contributed by atoms with van der Waals surface area (Å²) in [5.41, 5.74) is 5.69. The van der Waals surface area contributed by atoms with Crippen molar-refractivity contribution in [1.82, 2.24) is 4.90 Å². The molecule has 0 bridgehead atoms. The molecule has 1 saturated heterocycles. The average molecular weight is 364 g/mol. The molecule has 1 aliphatic rings. The fraction of sp³-hybridized carbons (Fsp3) is 0.500. The highest BCUT2D eigenvalue weighted by molar-refractivity contribution is 9.10. The molecule has 0 saturated carbocycles. The maximum absolute atomic E-state index is 12.3. The summed E-state index contributed by atoms with van der Waals surface area (Å²) in [6, 6.07) is 7.67. The number of hydrogen-bond donors (Lipinski definition) is 1. The van der Waals surface area contributed by atoms with E-state index < -0.39 is 6.10 Å². The molecule has 0 spiro atoms. The van der Waals surface area contributed by atoms with Crippen molar-refractivity contribution in [3.63, 3.8) is 0 Å². The van der Waals surface area contributed by atoms with Crippen LogP contribution in [0, 0.1) is 0 Å². The van der Waals surface area contributed by atoms with Gasteiger partial charge in [0.1, 0.15) is 5.75 Å². The van der Waals surface area contributed by atoms with Crippen LogP contribution in [0.3, 0.4) is 0 Å². The maximum atomic E-state index is 12.3. The molecule has 0 aliphatic carbocycles. The number of nitrogens with zero attached hydrogens (tertiary/aromatic N) is 1. The van der Waals surface area contributed by atoms with Crippen LogP contribution in [-0.2, 0) is 4.79 Å². The van der Waals surface area contributed by atoms with Crippen molar-refractivity contribution >= 4 is 34.2 Å². The van der Waals surface area contributed by atoms with Gasteiger partial charge in [-0.2, -0.15) is 0 Å². The zero-order valence-corrected chi connectivity index (χ0v) is 13.8. The topological polar surface area (TPSA) is 55.6 Å². The number of halogens is 2. The minimum absolute atomic E-state index is 0. The molecule has 2 atom stereocenters. The second-order valence-corrected chi connectivity index (χ2v) is 5.70. The first-order chi connectivity index (χ1) is 9.11. The molecular formula is C14H20BrClN2O2. The largest absolute Gasteiger partial charge is 0.481 e. The van der Waals surface area contributed by atoms with Gasteiger partial charge >= 0.3 is 0 Å². The van der Waals surface area contributed by atoms with E-state index in [9.17, 15) is 4.79 Å². The quantitative estimate of drug-likeness (QED) is 0.894. The molecule has 1 fully saturated rings. The number of carbonyl (C=O) groups excluding carboxylic acids is 1. The molecule has 1 amide bonds. The second kappa shape index (κ2) is 7.86. The molecule has 1 aromatic carbocycles. The normalized spacial score (nSPS) is 19.4. The Morgan fingerprint density at radius 2 is 2.35 bits per heavy atom. The van der Waals surface area contributed by atoms with Crippen molar-refractivity contribution in [2.24, 2.45) is 5.73 Å². The van der Waals surface area contributed by atoms with E-state index in [-0.39, 0.29) is 24.4 Å². The Kier molecular flexibility index (Phi) is 6.79. The van der Waals surface area contributed by atoms with Gasteiger partial charge in [-0.05, 0) is 38.0 Å². The van der Waals surface area contributed by atoms with Gasteiger partial charge in [0.05, 0.1) is 0 Å².